The van der Waals surface area contributed by atoms with Crippen LogP contribution in [0.4, 0.5) is 6.01 Å². The second kappa shape index (κ2) is 7.26. The Kier molecular flexibility index (Phi) is 5.96. The Hall–Kier alpha value is -1.11. The van der Waals surface area contributed by atoms with E-state index in [4.69, 9.17) is 19.6 Å². The Labute approximate surface area is 102 Å². The highest BCUT2D eigenvalue weighted by molar-refractivity contribution is 5.28. The second-order valence-corrected chi connectivity index (χ2v) is 3.82. The third-order valence-electron chi connectivity index (χ3n) is 2.47. The van der Waals surface area contributed by atoms with Crippen LogP contribution in [0.3, 0.4) is 0 Å². The van der Waals surface area contributed by atoms with Gasteiger partial charge in [0.25, 0.3) is 6.01 Å². The van der Waals surface area contributed by atoms with Gasteiger partial charge in [-0.05, 0) is 6.92 Å². The molecule has 1 aromatic rings. The molecule has 2 N–H and O–H groups in total. The molecule has 0 radical (unpaired) electrons. The van der Waals surface area contributed by atoms with Crippen LogP contribution in [-0.4, -0.2) is 45.0 Å². The van der Waals surface area contributed by atoms with Gasteiger partial charge in [-0.1, -0.05) is 0 Å². The molecule has 6 nitrogen and oxygen atoms in total. The molecule has 17 heavy (non-hydrogen) atoms. The molecule has 0 spiro atoms. The predicted octanol–water partition coefficient (Wildman–Crippen LogP) is 0.621. The van der Waals surface area contributed by atoms with Crippen molar-refractivity contribution in [1.29, 1.82) is 0 Å². The van der Waals surface area contributed by atoms with Gasteiger partial charge in [0.2, 0.25) is 0 Å². The third-order valence-corrected chi connectivity index (χ3v) is 2.47. The van der Waals surface area contributed by atoms with Crippen LogP contribution in [0.2, 0.25) is 0 Å². The molecule has 0 aliphatic carbocycles. The molecular formula is C11H21N3O3. The molecule has 1 atom stereocenters. The Morgan fingerprint density at radius 1 is 1.47 bits per heavy atom. The molecule has 0 aromatic carbocycles. The first-order valence-electron chi connectivity index (χ1n) is 5.61. The summed E-state index contributed by atoms with van der Waals surface area (Å²) in [6.45, 7) is 4.33. The number of hydrogen-bond acceptors (Lipinski definition) is 6. The van der Waals surface area contributed by atoms with Crippen LogP contribution in [0.5, 0.6) is 0 Å². The number of methoxy groups -OCH3 is 2. The van der Waals surface area contributed by atoms with Crippen molar-refractivity contribution in [2.75, 3.05) is 38.9 Å². The summed E-state index contributed by atoms with van der Waals surface area (Å²) in [6.07, 6.45) is 1.58. The average molecular weight is 243 g/mol. The number of aromatic nitrogens is 1. The van der Waals surface area contributed by atoms with E-state index in [1.54, 1.807) is 20.5 Å². The minimum Gasteiger partial charge on any atom is -0.432 e. The van der Waals surface area contributed by atoms with Crippen LogP contribution in [-0.2, 0) is 16.0 Å². The summed E-state index contributed by atoms with van der Waals surface area (Å²) in [4.78, 5) is 6.31. The zero-order valence-corrected chi connectivity index (χ0v) is 10.7. The molecule has 0 saturated heterocycles. The minimum absolute atomic E-state index is 0.166. The summed E-state index contributed by atoms with van der Waals surface area (Å²) in [5, 5.41) is 0. The number of nitrogens with zero attached hydrogens (tertiary/aromatic N) is 2. The van der Waals surface area contributed by atoms with Gasteiger partial charge in [-0.2, -0.15) is 4.98 Å². The fourth-order valence-electron chi connectivity index (χ4n) is 1.55. The Morgan fingerprint density at radius 2 is 2.24 bits per heavy atom. The second-order valence-electron chi connectivity index (χ2n) is 3.82. The molecule has 0 bridgehead atoms. The zero-order valence-electron chi connectivity index (χ0n) is 10.7. The first kappa shape index (κ1) is 14.0. The summed E-state index contributed by atoms with van der Waals surface area (Å²) in [7, 11) is 3.34. The Morgan fingerprint density at radius 3 is 2.76 bits per heavy atom. The van der Waals surface area contributed by atoms with Gasteiger partial charge in [0.15, 0.2) is 0 Å². The van der Waals surface area contributed by atoms with Crippen molar-refractivity contribution >= 4 is 6.01 Å². The topological polar surface area (TPSA) is 73.8 Å². The van der Waals surface area contributed by atoms with E-state index in [9.17, 15) is 0 Å². The molecule has 6 heteroatoms. The molecule has 0 fully saturated rings. The van der Waals surface area contributed by atoms with Crippen LogP contribution in [0.1, 0.15) is 12.6 Å². The SMILES string of the molecule is COCCN(c1nc(CN)co1)C(C)COC. The normalized spacial score (nSPS) is 12.7. The first-order valence-corrected chi connectivity index (χ1v) is 5.61. The Balaban J connectivity index is 2.73. The summed E-state index contributed by atoms with van der Waals surface area (Å²) in [6, 6.07) is 0.728. The van der Waals surface area contributed by atoms with Gasteiger partial charge in [0, 0.05) is 27.3 Å². The van der Waals surface area contributed by atoms with Gasteiger partial charge >= 0.3 is 0 Å². The standard InChI is InChI=1S/C11H21N3O3/c1-9(7-16-3)14(4-5-15-2)11-13-10(6-12)8-17-11/h8-9H,4-7,12H2,1-3H3. The lowest BCUT2D eigenvalue weighted by Gasteiger charge is -2.26. The van der Waals surface area contributed by atoms with Gasteiger partial charge < -0.3 is 24.5 Å². The van der Waals surface area contributed by atoms with E-state index in [2.05, 4.69) is 4.98 Å². The summed E-state index contributed by atoms with van der Waals surface area (Å²) >= 11 is 0. The van der Waals surface area contributed by atoms with Crippen LogP contribution in [0, 0.1) is 0 Å². The predicted molar refractivity (Wildman–Crippen MR) is 65.0 cm³/mol. The van der Waals surface area contributed by atoms with Gasteiger partial charge in [0.1, 0.15) is 6.26 Å². The molecular weight excluding hydrogens is 222 g/mol. The van der Waals surface area contributed by atoms with E-state index < -0.39 is 0 Å². The fraction of sp³-hybridized carbons (Fsp3) is 0.727. The van der Waals surface area contributed by atoms with E-state index in [1.807, 2.05) is 11.8 Å². The number of rotatable bonds is 8. The molecule has 0 amide bonds. The molecule has 0 saturated carbocycles. The van der Waals surface area contributed by atoms with Crippen molar-refractivity contribution < 1.29 is 13.9 Å². The number of anilines is 1. The third kappa shape index (κ3) is 3.99. The molecule has 98 valence electrons. The number of nitrogens with two attached hydrogens (primary N) is 1. The molecule has 1 rings (SSSR count). The molecule has 1 heterocycles. The van der Waals surface area contributed by atoms with Crippen molar-refractivity contribution in [1.82, 2.24) is 4.98 Å². The minimum atomic E-state index is 0.166. The van der Waals surface area contributed by atoms with Crippen LogP contribution >= 0.6 is 0 Å². The van der Waals surface area contributed by atoms with E-state index in [0.29, 0.717) is 32.3 Å². The maximum Gasteiger partial charge on any atom is 0.297 e. The van der Waals surface area contributed by atoms with Crippen LogP contribution in [0.15, 0.2) is 10.7 Å². The Bertz CT molecular complexity index is 317. The molecule has 1 unspecified atom stereocenters. The largest absolute Gasteiger partial charge is 0.432 e. The lowest BCUT2D eigenvalue weighted by molar-refractivity contribution is 0.168. The summed E-state index contributed by atoms with van der Waals surface area (Å²) < 4.78 is 15.6. The van der Waals surface area contributed by atoms with Crippen LogP contribution in [0.25, 0.3) is 0 Å². The highest BCUT2D eigenvalue weighted by Gasteiger charge is 2.18. The number of oxazole rings is 1. The maximum absolute atomic E-state index is 5.51. The summed E-state index contributed by atoms with van der Waals surface area (Å²) in [5.74, 6) is 0. The van der Waals surface area contributed by atoms with Gasteiger partial charge in [-0.15, -0.1) is 0 Å². The van der Waals surface area contributed by atoms with E-state index in [1.165, 1.54) is 0 Å². The lowest BCUT2D eigenvalue weighted by atomic mass is 10.3. The first-order chi connectivity index (χ1) is 8.22. The van der Waals surface area contributed by atoms with Crippen molar-refractivity contribution in [3.05, 3.63) is 12.0 Å². The number of hydrogen-bond donors (Lipinski definition) is 1. The monoisotopic (exact) mass is 243 g/mol. The van der Waals surface area contributed by atoms with Gasteiger partial charge in [0.05, 0.1) is 24.9 Å². The van der Waals surface area contributed by atoms with E-state index in [0.717, 1.165) is 5.69 Å². The molecule has 0 aliphatic heterocycles. The highest BCUT2D eigenvalue weighted by atomic mass is 16.5. The fourth-order valence-corrected chi connectivity index (χ4v) is 1.55. The average Bonchev–Trinajstić information content (AvgIpc) is 2.78. The smallest absolute Gasteiger partial charge is 0.297 e. The summed E-state index contributed by atoms with van der Waals surface area (Å²) in [5.41, 5.74) is 6.25. The van der Waals surface area contributed by atoms with Gasteiger partial charge in [-0.25, -0.2) is 0 Å². The number of ether oxygens (including phenoxy) is 2. The zero-order chi connectivity index (χ0) is 12.7. The van der Waals surface area contributed by atoms with Gasteiger partial charge in [-0.3, -0.25) is 0 Å². The van der Waals surface area contributed by atoms with Crippen molar-refractivity contribution in [2.45, 2.75) is 19.5 Å². The highest BCUT2D eigenvalue weighted by Crippen LogP contribution is 2.16. The van der Waals surface area contributed by atoms with Crippen molar-refractivity contribution in [3.8, 4) is 0 Å². The van der Waals surface area contributed by atoms with Crippen molar-refractivity contribution in [3.63, 3.8) is 0 Å². The maximum atomic E-state index is 5.51. The van der Waals surface area contributed by atoms with Crippen molar-refractivity contribution in [2.24, 2.45) is 5.73 Å². The lowest BCUT2D eigenvalue weighted by Crippen LogP contribution is -2.38. The molecule has 0 aliphatic rings. The quantitative estimate of drug-likeness (QED) is 0.721. The van der Waals surface area contributed by atoms with Crippen LogP contribution < -0.4 is 10.6 Å². The molecule has 1 aromatic heterocycles. The van der Waals surface area contributed by atoms with E-state index in [-0.39, 0.29) is 6.04 Å². The van der Waals surface area contributed by atoms with E-state index >= 15 is 0 Å².